The average Bonchev–Trinajstić information content (AvgIpc) is 3.15. The van der Waals surface area contributed by atoms with E-state index in [0.29, 0.717) is 11.0 Å². The first-order valence-corrected chi connectivity index (χ1v) is 9.63. The van der Waals surface area contributed by atoms with Gasteiger partial charge in [-0.15, -0.1) is 5.10 Å². The van der Waals surface area contributed by atoms with Gasteiger partial charge in [-0.25, -0.2) is 4.68 Å². The van der Waals surface area contributed by atoms with Crippen LogP contribution >= 0.6 is 11.6 Å². The van der Waals surface area contributed by atoms with E-state index in [1.54, 1.807) is 16.8 Å². The van der Waals surface area contributed by atoms with Crippen molar-refractivity contribution in [1.82, 2.24) is 14.8 Å². The number of benzene rings is 2. The predicted octanol–water partition coefficient (Wildman–Crippen LogP) is 2.46. The summed E-state index contributed by atoms with van der Waals surface area (Å²) in [6.07, 6.45) is 1.43. The summed E-state index contributed by atoms with van der Waals surface area (Å²) in [5.74, 6) is -1.25. The van der Waals surface area contributed by atoms with Gasteiger partial charge in [0, 0.05) is 23.1 Å². The first kappa shape index (κ1) is 19.7. The number of rotatable bonds is 6. The lowest BCUT2D eigenvalue weighted by molar-refractivity contribution is -0.305. The summed E-state index contributed by atoms with van der Waals surface area (Å²) < 4.78 is 1.66. The predicted molar refractivity (Wildman–Crippen MR) is 111 cm³/mol. The van der Waals surface area contributed by atoms with Crippen LogP contribution in [0.2, 0.25) is 5.02 Å². The van der Waals surface area contributed by atoms with E-state index in [1.807, 2.05) is 48.5 Å². The lowest BCUT2D eigenvalue weighted by Crippen LogP contribution is -2.24. The third kappa shape index (κ3) is 4.33. The molecule has 3 aromatic rings. The highest BCUT2D eigenvalue weighted by molar-refractivity contribution is 6.30. The fourth-order valence-electron chi connectivity index (χ4n) is 3.13. The molecule has 0 spiro atoms. The highest BCUT2D eigenvalue weighted by atomic mass is 35.5. The van der Waals surface area contributed by atoms with E-state index >= 15 is 0 Å². The number of nitrogens with one attached hydrogen (secondary N) is 2. The number of hydrogen-bond acceptors (Lipinski definition) is 6. The molecule has 2 aromatic carbocycles. The monoisotopic (exact) mass is 422 g/mol. The molecule has 1 aliphatic rings. The third-order valence-corrected chi connectivity index (χ3v) is 4.82. The Balaban J connectivity index is 1.66. The van der Waals surface area contributed by atoms with Gasteiger partial charge in [0.2, 0.25) is 11.9 Å². The van der Waals surface area contributed by atoms with Crippen molar-refractivity contribution in [3.8, 4) is 0 Å². The van der Waals surface area contributed by atoms with E-state index in [1.165, 1.54) is 0 Å². The van der Waals surface area contributed by atoms with Gasteiger partial charge in [0.15, 0.2) is 0 Å². The van der Waals surface area contributed by atoms with E-state index in [-0.39, 0.29) is 24.8 Å². The van der Waals surface area contributed by atoms with Crippen LogP contribution in [0, 0.1) is 0 Å². The van der Waals surface area contributed by atoms with Crippen molar-refractivity contribution in [1.29, 1.82) is 0 Å². The molecule has 0 saturated carbocycles. The molecule has 152 valence electrons. The molecule has 30 heavy (non-hydrogen) atoms. The summed E-state index contributed by atoms with van der Waals surface area (Å²) in [6.45, 7) is 0. The van der Waals surface area contributed by atoms with E-state index in [4.69, 9.17) is 11.6 Å². The Bertz CT molecular complexity index is 1110. The van der Waals surface area contributed by atoms with Gasteiger partial charge in [-0.3, -0.25) is 10.1 Å². The molecule has 0 radical (unpaired) electrons. The number of aliphatic carboxylic acids is 1. The molecule has 2 N–H and O–H groups in total. The Morgan fingerprint density at radius 1 is 1.10 bits per heavy atom. The number of allylic oxidation sites excluding steroid dienone is 1. The van der Waals surface area contributed by atoms with Gasteiger partial charge >= 0.3 is 0 Å². The summed E-state index contributed by atoms with van der Waals surface area (Å²) in [4.78, 5) is 26.9. The van der Waals surface area contributed by atoms with Crippen LogP contribution in [-0.4, -0.2) is 26.6 Å². The molecule has 2 heterocycles. The molecule has 0 aliphatic carbocycles. The molecule has 0 fully saturated rings. The van der Waals surface area contributed by atoms with Crippen LogP contribution in [0.1, 0.15) is 30.0 Å². The van der Waals surface area contributed by atoms with Gasteiger partial charge in [0.05, 0.1) is 0 Å². The van der Waals surface area contributed by atoms with Crippen LogP contribution in [0.25, 0.3) is 5.70 Å². The number of carboxylic acid groups (broad SMARTS) is 1. The standard InChI is InChI=1S/C21H18ClN5O3/c22-15-8-6-14(7-9-15)17-12-16(13-4-2-1-3-5-13)23-21-25-20(26-27(17)21)24-18(28)10-11-19(29)30/h1-9,12,17H,10-11H2,(H,29,30)(H2,23,24,25,26,28)/p-1/t17-/m1/s1. The number of hydrogen-bond donors (Lipinski definition) is 2. The summed E-state index contributed by atoms with van der Waals surface area (Å²) in [6, 6.07) is 16.9. The summed E-state index contributed by atoms with van der Waals surface area (Å²) in [5.41, 5.74) is 2.77. The number of carbonyl (C=O) groups is 2. The Morgan fingerprint density at radius 2 is 1.83 bits per heavy atom. The highest BCUT2D eigenvalue weighted by Gasteiger charge is 2.25. The first-order chi connectivity index (χ1) is 14.5. The second-order valence-electron chi connectivity index (χ2n) is 6.69. The molecule has 1 aliphatic heterocycles. The molecular formula is C21H17ClN5O3-. The normalized spacial score (nSPS) is 15.0. The number of anilines is 2. The zero-order valence-electron chi connectivity index (χ0n) is 15.7. The van der Waals surface area contributed by atoms with Gasteiger partial charge in [-0.2, -0.15) is 4.98 Å². The minimum absolute atomic E-state index is 0.0857. The van der Waals surface area contributed by atoms with Crippen LogP contribution in [-0.2, 0) is 9.59 Å². The number of carboxylic acids is 1. The van der Waals surface area contributed by atoms with E-state index < -0.39 is 11.9 Å². The molecule has 9 heteroatoms. The second kappa shape index (κ2) is 8.38. The zero-order valence-corrected chi connectivity index (χ0v) is 16.5. The second-order valence-corrected chi connectivity index (χ2v) is 7.13. The Hall–Kier alpha value is -3.65. The van der Waals surface area contributed by atoms with Gasteiger partial charge in [-0.1, -0.05) is 54.1 Å². The molecule has 1 aromatic heterocycles. The fraction of sp³-hybridized carbons (Fsp3) is 0.143. The summed E-state index contributed by atoms with van der Waals surface area (Å²) in [5, 5.41) is 21.3. The zero-order chi connectivity index (χ0) is 21.1. The van der Waals surface area contributed by atoms with Gasteiger partial charge < -0.3 is 15.2 Å². The van der Waals surface area contributed by atoms with Crippen LogP contribution in [0.4, 0.5) is 11.9 Å². The SMILES string of the molecule is O=C([O-])CCC(=O)Nc1nc2n(n1)[C@@H](c1ccc(Cl)cc1)C=C(c1ccccc1)N2. The third-order valence-electron chi connectivity index (χ3n) is 4.57. The molecule has 1 amide bonds. The molecule has 0 unspecified atom stereocenters. The topological polar surface area (TPSA) is 112 Å². The van der Waals surface area contributed by atoms with Crippen molar-refractivity contribution < 1.29 is 14.7 Å². The average molecular weight is 423 g/mol. The first-order valence-electron chi connectivity index (χ1n) is 9.25. The number of nitrogens with zero attached hydrogens (tertiary/aromatic N) is 3. The molecular weight excluding hydrogens is 406 g/mol. The number of halogens is 1. The Kier molecular flexibility index (Phi) is 5.49. The maximum Gasteiger partial charge on any atom is 0.250 e. The quantitative estimate of drug-likeness (QED) is 0.631. The Morgan fingerprint density at radius 3 is 2.53 bits per heavy atom. The molecule has 8 nitrogen and oxygen atoms in total. The van der Waals surface area contributed by atoms with E-state index in [0.717, 1.165) is 16.8 Å². The molecule has 0 saturated heterocycles. The maximum atomic E-state index is 12.0. The van der Waals surface area contributed by atoms with Crippen LogP contribution in [0.15, 0.2) is 60.7 Å². The van der Waals surface area contributed by atoms with Gasteiger partial charge in [0.1, 0.15) is 6.04 Å². The van der Waals surface area contributed by atoms with Crippen molar-refractivity contribution in [3.05, 3.63) is 76.8 Å². The summed E-state index contributed by atoms with van der Waals surface area (Å²) >= 11 is 6.03. The lowest BCUT2D eigenvalue weighted by atomic mass is 10.0. The maximum absolute atomic E-state index is 12.0. The van der Waals surface area contributed by atoms with E-state index in [9.17, 15) is 14.7 Å². The highest BCUT2D eigenvalue weighted by Crippen LogP contribution is 2.33. The van der Waals surface area contributed by atoms with Crippen molar-refractivity contribution in [2.24, 2.45) is 0 Å². The molecule has 0 bridgehead atoms. The Labute approximate surface area is 177 Å². The number of aromatic nitrogens is 3. The van der Waals surface area contributed by atoms with Crippen molar-refractivity contribution >= 4 is 41.1 Å². The van der Waals surface area contributed by atoms with Gasteiger partial charge in [0.25, 0.3) is 5.95 Å². The van der Waals surface area contributed by atoms with Crippen molar-refractivity contribution in [2.75, 3.05) is 10.6 Å². The number of amides is 1. The van der Waals surface area contributed by atoms with Gasteiger partial charge in [-0.05, 0) is 35.8 Å². The van der Waals surface area contributed by atoms with Crippen LogP contribution < -0.4 is 15.7 Å². The minimum atomic E-state index is -1.29. The molecule has 4 rings (SSSR count). The minimum Gasteiger partial charge on any atom is -0.550 e. The van der Waals surface area contributed by atoms with E-state index in [2.05, 4.69) is 20.7 Å². The lowest BCUT2D eigenvalue weighted by Gasteiger charge is -2.24. The van der Waals surface area contributed by atoms with Crippen molar-refractivity contribution in [2.45, 2.75) is 18.9 Å². The molecule has 1 atom stereocenters. The largest absolute Gasteiger partial charge is 0.550 e. The smallest absolute Gasteiger partial charge is 0.250 e. The number of carbonyl (C=O) groups excluding carboxylic acids is 2. The van der Waals surface area contributed by atoms with Crippen molar-refractivity contribution in [3.63, 3.8) is 0 Å². The van der Waals surface area contributed by atoms with Crippen LogP contribution in [0.3, 0.4) is 0 Å². The summed E-state index contributed by atoms with van der Waals surface area (Å²) in [7, 11) is 0. The fourth-order valence-corrected chi connectivity index (χ4v) is 3.26. The number of fused-ring (bicyclic) bond motifs is 1. The van der Waals surface area contributed by atoms with Crippen LogP contribution in [0.5, 0.6) is 0 Å².